The lowest BCUT2D eigenvalue weighted by Crippen LogP contribution is -2.21. The Morgan fingerprint density at radius 1 is 0.912 bits per heavy atom. The van der Waals surface area contributed by atoms with E-state index in [0.717, 1.165) is 16.3 Å². The van der Waals surface area contributed by atoms with Gasteiger partial charge in [-0.05, 0) is 67.3 Å². The number of carbonyl (C=O) groups is 2. The molecule has 0 atom stereocenters. The lowest BCUT2D eigenvalue weighted by molar-refractivity contribution is 0.0959. The summed E-state index contributed by atoms with van der Waals surface area (Å²) in [4.78, 5) is 32.7. The zero-order chi connectivity index (χ0) is 23.8. The van der Waals surface area contributed by atoms with Crippen LogP contribution in [0.4, 0.5) is 4.39 Å². The van der Waals surface area contributed by atoms with Crippen LogP contribution in [0.25, 0.3) is 27.5 Å². The van der Waals surface area contributed by atoms with Gasteiger partial charge in [0, 0.05) is 16.7 Å². The maximum Gasteiger partial charge on any atom is 0.209 e. The van der Waals surface area contributed by atoms with Crippen molar-refractivity contribution >= 4 is 27.9 Å². The SMILES string of the molecule is CN(C)CC(=O)c1cc(C(=O)c2ccc(F)cc2)n2cnc(-c3ccc4ccccc4c3)cc12. The molecule has 0 aliphatic rings. The minimum atomic E-state index is -0.417. The van der Waals surface area contributed by atoms with Crippen LogP contribution in [0.15, 0.2) is 85.2 Å². The maximum atomic E-state index is 13.4. The van der Waals surface area contributed by atoms with E-state index >= 15 is 0 Å². The first-order chi connectivity index (χ1) is 16.4. The molecular formula is C28H22FN3O2. The van der Waals surface area contributed by atoms with E-state index in [1.807, 2.05) is 56.6 Å². The number of fused-ring (bicyclic) bond motifs is 2. The van der Waals surface area contributed by atoms with Gasteiger partial charge in [0.05, 0.1) is 23.4 Å². The highest BCUT2D eigenvalue weighted by molar-refractivity contribution is 6.12. The van der Waals surface area contributed by atoms with Gasteiger partial charge in [-0.2, -0.15) is 0 Å². The minimum Gasteiger partial charge on any atom is -0.302 e. The number of hydrogen-bond donors (Lipinski definition) is 0. The molecule has 34 heavy (non-hydrogen) atoms. The molecule has 0 saturated carbocycles. The molecule has 6 heteroatoms. The van der Waals surface area contributed by atoms with E-state index < -0.39 is 5.82 Å². The lowest BCUT2D eigenvalue weighted by Gasteiger charge is -2.09. The summed E-state index contributed by atoms with van der Waals surface area (Å²) in [5.74, 6) is -0.824. The average Bonchev–Trinajstić information content (AvgIpc) is 3.22. The monoisotopic (exact) mass is 451 g/mol. The van der Waals surface area contributed by atoms with Crippen LogP contribution in [0.3, 0.4) is 0 Å². The normalized spacial score (nSPS) is 11.4. The number of likely N-dealkylation sites (N-methyl/N-ethyl adjacent to an activating group) is 1. The molecule has 0 aliphatic heterocycles. The number of halogens is 1. The molecule has 0 radical (unpaired) electrons. The van der Waals surface area contributed by atoms with Crippen molar-refractivity contribution in [2.24, 2.45) is 0 Å². The summed E-state index contributed by atoms with van der Waals surface area (Å²) >= 11 is 0. The Morgan fingerprint density at radius 2 is 1.65 bits per heavy atom. The van der Waals surface area contributed by atoms with E-state index in [9.17, 15) is 14.0 Å². The van der Waals surface area contributed by atoms with Gasteiger partial charge in [0.25, 0.3) is 0 Å². The smallest absolute Gasteiger partial charge is 0.209 e. The Labute approximate surface area is 196 Å². The highest BCUT2D eigenvalue weighted by atomic mass is 19.1. The van der Waals surface area contributed by atoms with Crippen LogP contribution in [0.1, 0.15) is 26.4 Å². The molecule has 0 aliphatic carbocycles. The second-order valence-electron chi connectivity index (χ2n) is 8.53. The van der Waals surface area contributed by atoms with Crippen molar-refractivity contribution in [3.63, 3.8) is 0 Å². The van der Waals surface area contributed by atoms with Gasteiger partial charge in [-0.15, -0.1) is 0 Å². The zero-order valence-corrected chi connectivity index (χ0v) is 18.8. The fourth-order valence-corrected chi connectivity index (χ4v) is 4.12. The first-order valence-electron chi connectivity index (χ1n) is 10.9. The molecule has 0 saturated heterocycles. The van der Waals surface area contributed by atoms with Crippen LogP contribution in [0.5, 0.6) is 0 Å². The number of aromatic nitrogens is 2. The summed E-state index contributed by atoms with van der Waals surface area (Å²) in [5.41, 5.74) is 3.32. The number of hydrogen-bond acceptors (Lipinski definition) is 4. The Morgan fingerprint density at radius 3 is 2.38 bits per heavy atom. The van der Waals surface area contributed by atoms with Crippen molar-refractivity contribution in [2.75, 3.05) is 20.6 Å². The molecule has 2 heterocycles. The molecule has 3 aromatic carbocycles. The number of nitrogens with zero attached hydrogens (tertiary/aromatic N) is 3. The third kappa shape index (κ3) is 4.00. The van der Waals surface area contributed by atoms with Crippen LogP contribution >= 0.6 is 0 Å². The Balaban J connectivity index is 1.66. The fraction of sp³-hybridized carbons (Fsp3) is 0.107. The van der Waals surface area contributed by atoms with E-state index in [0.29, 0.717) is 28.0 Å². The quantitative estimate of drug-likeness (QED) is 0.330. The van der Waals surface area contributed by atoms with Crippen molar-refractivity contribution < 1.29 is 14.0 Å². The number of ketones is 2. The summed E-state index contributed by atoms with van der Waals surface area (Å²) in [5, 5.41) is 2.22. The Bertz CT molecular complexity index is 1550. The third-order valence-corrected chi connectivity index (χ3v) is 5.81. The number of rotatable bonds is 6. The van der Waals surface area contributed by atoms with E-state index in [4.69, 9.17) is 0 Å². The molecule has 0 N–H and O–H groups in total. The largest absolute Gasteiger partial charge is 0.302 e. The fourth-order valence-electron chi connectivity index (χ4n) is 4.12. The van der Waals surface area contributed by atoms with Gasteiger partial charge in [0.2, 0.25) is 5.78 Å². The highest BCUT2D eigenvalue weighted by Gasteiger charge is 2.22. The van der Waals surface area contributed by atoms with Crippen molar-refractivity contribution in [3.8, 4) is 11.3 Å². The highest BCUT2D eigenvalue weighted by Crippen LogP contribution is 2.27. The topological polar surface area (TPSA) is 54.7 Å². The summed E-state index contributed by atoms with van der Waals surface area (Å²) in [7, 11) is 3.64. The molecule has 5 nitrogen and oxygen atoms in total. The summed E-state index contributed by atoms with van der Waals surface area (Å²) in [6.07, 6.45) is 1.57. The summed E-state index contributed by atoms with van der Waals surface area (Å²) < 4.78 is 15.0. The van der Waals surface area contributed by atoms with Crippen molar-refractivity contribution in [3.05, 3.63) is 108 Å². The van der Waals surface area contributed by atoms with Gasteiger partial charge in [-0.25, -0.2) is 9.37 Å². The standard InChI is InChI=1S/C28H22FN3O2/c1-31(2)16-27(33)23-14-26(28(34)19-9-11-22(29)12-10-19)32-17-30-24(15-25(23)32)21-8-7-18-5-3-4-6-20(18)13-21/h3-15,17H,16H2,1-2H3. The van der Waals surface area contributed by atoms with E-state index in [1.165, 1.54) is 24.3 Å². The number of Topliss-reactive ketones (excluding diaryl/α,β-unsaturated/α-hetero) is 1. The molecule has 168 valence electrons. The third-order valence-electron chi connectivity index (χ3n) is 5.81. The zero-order valence-electron chi connectivity index (χ0n) is 18.8. The molecular weight excluding hydrogens is 429 g/mol. The minimum absolute atomic E-state index is 0.101. The first kappa shape index (κ1) is 21.7. The molecule has 0 fully saturated rings. The van der Waals surface area contributed by atoms with Crippen LogP contribution in [-0.4, -0.2) is 46.5 Å². The maximum absolute atomic E-state index is 13.4. The molecule has 0 amide bonds. The van der Waals surface area contributed by atoms with E-state index in [2.05, 4.69) is 11.1 Å². The predicted molar refractivity (Wildman–Crippen MR) is 131 cm³/mol. The van der Waals surface area contributed by atoms with Gasteiger partial charge in [0.1, 0.15) is 12.1 Å². The molecule has 5 aromatic rings. The second-order valence-corrected chi connectivity index (χ2v) is 8.53. The van der Waals surface area contributed by atoms with Crippen molar-refractivity contribution in [2.45, 2.75) is 0 Å². The van der Waals surface area contributed by atoms with E-state index in [1.54, 1.807) is 21.7 Å². The van der Waals surface area contributed by atoms with Crippen LogP contribution in [0, 0.1) is 5.82 Å². The van der Waals surface area contributed by atoms with Crippen molar-refractivity contribution in [1.82, 2.24) is 14.3 Å². The molecule has 0 spiro atoms. The van der Waals surface area contributed by atoms with Gasteiger partial charge < -0.3 is 4.90 Å². The second kappa shape index (κ2) is 8.65. The van der Waals surface area contributed by atoms with Crippen LogP contribution in [0.2, 0.25) is 0 Å². The summed E-state index contributed by atoms with van der Waals surface area (Å²) in [6.45, 7) is 0.206. The Kier molecular flexibility index (Phi) is 5.51. The average molecular weight is 452 g/mol. The molecule has 0 bridgehead atoms. The first-order valence-corrected chi connectivity index (χ1v) is 10.9. The van der Waals surface area contributed by atoms with Crippen LogP contribution in [-0.2, 0) is 0 Å². The van der Waals surface area contributed by atoms with Gasteiger partial charge in [-0.3, -0.25) is 14.0 Å². The van der Waals surface area contributed by atoms with Gasteiger partial charge in [0.15, 0.2) is 5.78 Å². The predicted octanol–water partition coefficient (Wildman–Crippen LogP) is 5.27. The van der Waals surface area contributed by atoms with Gasteiger partial charge in [-0.1, -0.05) is 36.4 Å². The Hall–Kier alpha value is -4.16. The molecule has 5 rings (SSSR count). The summed E-state index contributed by atoms with van der Waals surface area (Å²) in [6, 6.07) is 23.0. The van der Waals surface area contributed by atoms with E-state index in [-0.39, 0.29) is 18.1 Å². The number of benzene rings is 3. The molecule has 2 aromatic heterocycles. The van der Waals surface area contributed by atoms with Gasteiger partial charge >= 0.3 is 0 Å². The lowest BCUT2D eigenvalue weighted by atomic mass is 10.0. The van der Waals surface area contributed by atoms with Crippen LogP contribution < -0.4 is 0 Å². The number of carbonyl (C=O) groups excluding carboxylic acids is 2. The molecule has 0 unspecified atom stereocenters. The van der Waals surface area contributed by atoms with Crippen molar-refractivity contribution in [1.29, 1.82) is 0 Å².